The summed E-state index contributed by atoms with van der Waals surface area (Å²) < 4.78 is 32.6. The van der Waals surface area contributed by atoms with Gasteiger partial charge in [0.1, 0.15) is 12.7 Å². The fourth-order valence-electron chi connectivity index (χ4n) is 5.40. The average Bonchev–Trinajstić information content (AvgIpc) is 3.16. The van der Waals surface area contributed by atoms with Gasteiger partial charge in [0.2, 0.25) is 0 Å². The Morgan fingerprint density at radius 1 is 0.556 bits per heavy atom. The highest BCUT2D eigenvalue weighted by Crippen LogP contribution is 2.43. The van der Waals surface area contributed by atoms with Crippen LogP contribution in [0.4, 0.5) is 0 Å². The Hall–Kier alpha value is -2.07. The summed E-state index contributed by atoms with van der Waals surface area (Å²) in [4.78, 5) is 34.9. The van der Waals surface area contributed by atoms with Gasteiger partial charge in [-0.25, -0.2) is 4.57 Å². The standard InChI is InChI=1S/C43H77O10P/c1-3-5-7-9-11-13-15-17-19-20-21-23-24-26-28-30-32-34-42(46)50-38-41(39-52-54(48,49)51-37-40(45)36-44)53-43(47)35-33-31-29-27-25-22-18-16-14-12-10-8-6-4-2/h11,13,16-19,21,23,40-41,44-45H,3-10,12,14-15,20,22,24-39H2,1-2H3,(H,48,49)/b13-11-,18-16-,19-17-,23-21-/t40-,41+/m0/s1. The summed E-state index contributed by atoms with van der Waals surface area (Å²) in [6.45, 7) is 2.30. The number of phosphoric ester groups is 1. The van der Waals surface area contributed by atoms with Gasteiger partial charge >= 0.3 is 19.8 Å². The molecule has 3 atom stereocenters. The van der Waals surface area contributed by atoms with Crippen LogP contribution >= 0.6 is 7.82 Å². The molecule has 0 aromatic carbocycles. The average molecular weight is 785 g/mol. The van der Waals surface area contributed by atoms with Crippen LogP contribution in [0.5, 0.6) is 0 Å². The van der Waals surface area contributed by atoms with Crippen LogP contribution in [0.1, 0.15) is 174 Å². The van der Waals surface area contributed by atoms with E-state index in [0.717, 1.165) is 77.0 Å². The number of unbranched alkanes of at least 4 members (excludes halogenated alkanes) is 17. The van der Waals surface area contributed by atoms with Gasteiger partial charge in [0.15, 0.2) is 6.10 Å². The van der Waals surface area contributed by atoms with E-state index in [1.165, 1.54) is 57.8 Å². The van der Waals surface area contributed by atoms with Crippen LogP contribution in [0.2, 0.25) is 0 Å². The topological polar surface area (TPSA) is 149 Å². The van der Waals surface area contributed by atoms with Crippen LogP contribution in [-0.4, -0.2) is 65.7 Å². The van der Waals surface area contributed by atoms with Crippen LogP contribution in [0, 0.1) is 0 Å². The molecule has 0 aromatic rings. The monoisotopic (exact) mass is 785 g/mol. The quantitative estimate of drug-likeness (QED) is 0.0238. The highest BCUT2D eigenvalue weighted by atomic mass is 31.2. The number of ether oxygens (including phenoxy) is 2. The first kappa shape index (κ1) is 51.9. The van der Waals surface area contributed by atoms with E-state index in [1.54, 1.807) is 0 Å². The van der Waals surface area contributed by atoms with Crippen molar-refractivity contribution in [1.29, 1.82) is 0 Å². The van der Waals surface area contributed by atoms with Crippen molar-refractivity contribution >= 4 is 19.8 Å². The summed E-state index contributed by atoms with van der Waals surface area (Å²) in [6, 6.07) is 0. The van der Waals surface area contributed by atoms with E-state index >= 15 is 0 Å². The van der Waals surface area contributed by atoms with E-state index in [1.807, 2.05) is 0 Å². The smallest absolute Gasteiger partial charge is 0.462 e. The molecule has 0 amide bonds. The molecular weight excluding hydrogens is 707 g/mol. The Bertz CT molecular complexity index is 1040. The lowest BCUT2D eigenvalue weighted by atomic mass is 10.1. The van der Waals surface area contributed by atoms with Gasteiger partial charge in [0.05, 0.1) is 19.8 Å². The fraction of sp³-hybridized carbons (Fsp3) is 0.767. The zero-order chi connectivity index (χ0) is 39.8. The Labute approximate surface area is 328 Å². The van der Waals surface area contributed by atoms with E-state index in [9.17, 15) is 24.2 Å². The minimum Gasteiger partial charge on any atom is -0.462 e. The van der Waals surface area contributed by atoms with Gasteiger partial charge in [-0.15, -0.1) is 0 Å². The van der Waals surface area contributed by atoms with Crippen molar-refractivity contribution in [2.75, 3.05) is 26.4 Å². The van der Waals surface area contributed by atoms with Gasteiger partial charge in [-0.3, -0.25) is 18.6 Å². The molecule has 54 heavy (non-hydrogen) atoms. The summed E-state index contributed by atoms with van der Waals surface area (Å²) >= 11 is 0. The highest BCUT2D eigenvalue weighted by molar-refractivity contribution is 7.47. The summed E-state index contributed by atoms with van der Waals surface area (Å²) in [5.41, 5.74) is 0. The van der Waals surface area contributed by atoms with Crippen molar-refractivity contribution < 1.29 is 47.8 Å². The molecule has 0 saturated heterocycles. The van der Waals surface area contributed by atoms with Gasteiger partial charge < -0.3 is 24.6 Å². The molecule has 0 aliphatic heterocycles. The van der Waals surface area contributed by atoms with Gasteiger partial charge in [-0.1, -0.05) is 133 Å². The summed E-state index contributed by atoms with van der Waals surface area (Å²) in [5, 5.41) is 18.3. The van der Waals surface area contributed by atoms with Gasteiger partial charge in [-0.05, 0) is 77.0 Å². The summed E-state index contributed by atoms with van der Waals surface area (Å²) in [7, 11) is -4.62. The lowest BCUT2D eigenvalue weighted by molar-refractivity contribution is -0.161. The maximum Gasteiger partial charge on any atom is 0.472 e. The number of hydrogen-bond acceptors (Lipinski definition) is 9. The number of esters is 2. The second kappa shape index (κ2) is 39.2. The van der Waals surface area contributed by atoms with Crippen LogP contribution in [0.25, 0.3) is 0 Å². The molecule has 0 rings (SSSR count). The molecule has 0 aliphatic carbocycles. The number of rotatable bonds is 39. The van der Waals surface area contributed by atoms with Crippen LogP contribution in [0.3, 0.4) is 0 Å². The fourth-order valence-corrected chi connectivity index (χ4v) is 6.19. The molecule has 0 heterocycles. The molecular formula is C43H77O10P. The van der Waals surface area contributed by atoms with Crippen molar-refractivity contribution in [2.24, 2.45) is 0 Å². The zero-order valence-corrected chi connectivity index (χ0v) is 34.8. The predicted molar refractivity (Wildman–Crippen MR) is 219 cm³/mol. The zero-order valence-electron chi connectivity index (χ0n) is 33.9. The molecule has 0 aromatic heterocycles. The molecule has 0 aliphatic rings. The largest absolute Gasteiger partial charge is 0.472 e. The molecule has 0 saturated carbocycles. The molecule has 0 spiro atoms. The molecule has 314 valence electrons. The Kier molecular flexibility index (Phi) is 37.7. The highest BCUT2D eigenvalue weighted by Gasteiger charge is 2.27. The normalized spacial score (nSPS) is 14.4. The van der Waals surface area contributed by atoms with Gasteiger partial charge in [0.25, 0.3) is 0 Å². The first-order chi connectivity index (χ1) is 26.2. The van der Waals surface area contributed by atoms with Gasteiger partial charge in [0, 0.05) is 12.8 Å². The molecule has 10 nitrogen and oxygen atoms in total. The van der Waals surface area contributed by atoms with Crippen LogP contribution in [0.15, 0.2) is 48.6 Å². The lowest BCUT2D eigenvalue weighted by Gasteiger charge is -2.20. The number of carbonyl (C=O) groups excluding carboxylic acids is 2. The maximum atomic E-state index is 12.6. The summed E-state index contributed by atoms with van der Waals surface area (Å²) in [5.74, 6) is -0.962. The van der Waals surface area contributed by atoms with Crippen LogP contribution < -0.4 is 0 Å². The predicted octanol–water partition coefficient (Wildman–Crippen LogP) is 10.9. The number of carbonyl (C=O) groups is 2. The first-order valence-corrected chi connectivity index (χ1v) is 22.6. The van der Waals surface area contributed by atoms with Crippen molar-refractivity contribution in [1.82, 2.24) is 0 Å². The first-order valence-electron chi connectivity index (χ1n) is 21.1. The minimum atomic E-state index is -4.62. The number of phosphoric acid groups is 1. The third-order valence-corrected chi connectivity index (χ3v) is 9.66. The van der Waals surface area contributed by atoms with Crippen LogP contribution in [-0.2, 0) is 32.7 Å². The lowest BCUT2D eigenvalue weighted by Crippen LogP contribution is -2.29. The molecule has 0 radical (unpaired) electrons. The van der Waals surface area contributed by atoms with Gasteiger partial charge in [-0.2, -0.15) is 0 Å². The Balaban J connectivity index is 4.37. The van der Waals surface area contributed by atoms with E-state index in [0.29, 0.717) is 12.8 Å². The van der Waals surface area contributed by atoms with Crippen molar-refractivity contribution in [3.63, 3.8) is 0 Å². The molecule has 0 bridgehead atoms. The SMILES string of the molecule is CCCCC/C=C\C/C=C\C/C=C\CCCCCCC(=O)OC[C@H](COP(=O)(O)OC[C@@H](O)CO)OC(=O)CCCCCCC/C=C\CCCCCCC. The second-order valence-corrected chi connectivity index (χ2v) is 15.5. The number of aliphatic hydroxyl groups is 2. The van der Waals surface area contributed by atoms with E-state index in [-0.39, 0.29) is 19.4 Å². The van der Waals surface area contributed by atoms with E-state index < -0.39 is 51.8 Å². The third-order valence-electron chi connectivity index (χ3n) is 8.71. The molecule has 3 N–H and O–H groups in total. The van der Waals surface area contributed by atoms with E-state index in [4.69, 9.17) is 19.1 Å². The molecule has 0 fully saturated rings. The van der Waals surface area contributed by atoms with Crippen molar-refractivity contribution in [2.45, 2.75) is 187 Å². The maximum absolute atomic E-state index is 12.6. The van der Waals surface area contributed by atoms with Crippen molar-refractivity contribution in [3.05, 3.63) is 48.6 Å². The Morgan fingerprint density at radius 2 is 0.963 bits per heavy atom. The number of aliphatic hydroxyl groups excluding tert-OH is 2. The second-order valence-electron chi connectivity index (χ2n) is 14.0. The molecule has 1 unspecified atom stereocenters. The molecule has 11 heteroatoms. The van der Waals surface area contributed by atoms with E-state index in [2.05, 4.69) is 67.0 Å². The minimum absolute atomic E-state index is 0.168. The summed E-state index contributed by atoms with van der Waals surface area (Å²) in [6.07, 6.45) is 40.7. The number of hydrogen-bond donors (Lipinski definition) is 3. The Morgan fingerprint density at radius 3 is 1.50 bits per heavy atom. The van der Waals surface area contributed by atoms with Crippen molar-refractivity contribution in [3.8, 4) is 0 Å². The number of allylic oxidation sites excluding steroid dienone is 8. The third kappa shape index (κ3) is 38.2.